The SMILES string of the molecule is N#Cc1cc(C(F)F)c(C=O)nc1CBr. The lowest BCUT2D eigenvalue weighted by atomic mass is 10.1. The van der Waals surface area contributed by atoms with Gasteiger partial charge in [-0.2, -0.15) is 5.26 Å². The molecule has 15 heavy (non-hydrogen) atoms. The fourth-order valence-electron chi connectivity index (χ4n) is 1.05. The van der Waals surface area contributed by atoms with E-state index in [9.17, 15) is 13.6 Å². The molecule has 0 atom stereocenters. The molecule has 1 heterocycles. The van der Waals surface area contributed by atoms with Crippen LogP contribution in [0, 0.1) is 11.3 Å². The molecule has 0 fully saturated rings. The molecule has 1 rings (SSSR count). The van der Waals surface area contributed by atoms with Crippen molar-refractivity contribution in [1.82, 2.24) is 4.98 Å². The molecule has 0 bridgehead atoms. The van der Waals surface area contributed by atoms with Crippen molar-refractivity contribution in [3.05, 3.63) is 28.6 Å². The molecule has 0 aliphatic rings. The largest absolute Gasteiger partial charge is 0.296 e. The Morgan fingerprint density at radius 1 is 1.67 bits per heavy atom. The Balaban J connectivity index is 3.42. The third-order valence-corrected chi connectivity index (χ3v) is 2.29. The van der Waals surface area contributed by atoms with Crippen molar-refractivity contribution in [3.8, 4) is 6.07 Å². The van der Waals surface area contributed by atoms with E-state index >= 15 is 0 Å². The van der Waals surface area contributed by atoms with Crippen molar-refractivity contribution >= 4 is 22.2 Å². The Morgan fingerprint density at radius 3 is 2.73 bits per heavy atom. The number of aldehydes is 1. The van der Waals surface area contributed by atoms with Crippen LogP contribution < -0.4 is 0 Å². The van der Waals surface area contributed by atoms with E-state index in [0.29, 0.717) is 0 Å². The smallest absolute Gasteiger partial charge is 0.266 e. The van der Waals surface area contributed by atoms with Crippen LogP contribution in [-0.4, -0.2) is 11.3 Å². The number of nitrogens with zero attached hydrogens (tertiary/aromatic N) is 2. The molecule has 0 aliphatic heterocycles. The summed E-state index contributed by atoms with van der Waals surface area (Å²) in [5.74, 6) is 0. The maximum absolute atomic E-state index is 12.4. The van der Waals surface area contributed by atoms with Crippen LogP contribution in [0.15, 0.2) is 6.07 Å². The van der Waals surface area contributed by atoms with Crippen molar-refractivity contribution < 1.29 is 13.6 Å². The molecule has 78 valence electrons. The van der Waals surface area contributed by atoms with E-state index in [0.717, 1.165) is 6.07 Å². The highest BCUT2D eigenvalue weighted by atomic mass is 79.9. The fraction of sp³-hybridized carbons (Fsp3) is 0.222. The zero-order valence-corrected chi connectivity index (χ0v) is 8.96. The van der Waals surface area contributed by atoms with E-state index < -0.39 is 12.0 Å². The second-order valence-electron chi connectivity index (χ2n) is 2.62. The van der Waals surface area contributed by atoms with Crippen molar-refractivity contribution in [2.45, 2.75) is 11.8 Å². The molecule has 0 spiro atoms. The fourth-order valence-corrected chi connectivity index (χ4v) is 1.48. The number of carbonyl (C=O) groups is 1. The molecule has 0 saturated heterocycles. The first kappa shape index (κ1) is 11.7. The molecule has 0 saturated carbocycles. The highest BCUT2D eigenvalue weighted by Gasteiger charge is 2.17. The summed E-state index contributed by atoms with van der Waals surface area (Å²) in [6.45, 7) is 0. The molecule has 6 heteroatoms. The van der Waals surface area contributed by atoms with Crippen molar-refractivity contribution in [2.24, 2.45) is 0 Å². The summed E-state index contributed by atoms with van der Waals surface area (Å²) in [7, 11) is 0. The van der Waals surface area contributed by atoms with Gasteiger partial charge in [0.05, 0.1) is 11.3 Å². The van der Waals surface area contributed by atoms with E-state index in [1.54, 1.807) is 6.07 Å². The van der Waals surface area contributed by atoms with Gasteiger partial charge in [-0.3, -0.25) is 4.79 Å². The molecule has 0 unspecified atom stereocenters. The number of nitriles is 1. The Labute approximate surface area is 92.9 Å². The average molecular weight is 275 g/mol. The number of halogens is 3. The summed E-state index contributed by atoms with van der Waals surface area (Å²) < 4.78 is 24.9. The maximum atomic E-state index is 12.4. The van der Waals surface area contributed by atoms with Gasteiger partial charge in [0.15, 0.2) is 6.29 Å². The van der Waals surface area contributed by atoms with Crippen LogP contribution in [0.1, 0.15) is 33.7 Å². The van der Waals surface area contributed by atoms with Crippen molar-refractivity contribution in [3.63, 3.8) is 0 Å². The van der Waals surface area contributed by atoms with Gasteiger partial charge in [0.25, 0.3) is 6.43 Å². The summed E-state index contributed by atoms with van der Waals surface area (Å²) in [6, 6.07) is 2.75. The molecule has 1 aromatic heterocycles. The molecule has 1 aromatic rings. The van der Waals surface area contributed by atoms with Crippen LogP contribution in [0.5, 0.6) is 0 Å². The minimum absolute atomic E-state index is 0.0489. The summed E-state index contributed by atoms with van der Waals surface area (Å²) >= 11 is 3.06. The summed E-state index contributed by atoms with van der Waals surface area (Å²) in [5, 5.41) is 8.91. The van der Waals surface area contributed by atoms with Gasteiger partial charge in [0.2, 0.25) is 0 Å². The molecule has 0 aliphatic carbocycles. The molecular formula is C9H5BrF2N2O. The predicted octanol–water partition coefficient (Wildman–Crippen LogP) is 2.60. The number of hydrogen-bond donors (Lipinski definition) is 0. The van der Waals surface area contributed by atoms with Gasteiger partial charge in [-0.25, -0.2) is 13.8 Å². The average Bonchev–Trinajstić information content (AvgIpc) is 2.26. The minimum atomic E-state index is -2.81. The van der Waals surface area contributed by atoms with Crippen LogP contribution in [-0.2, 0) is 5.33 Å². The van der Waals surface area contributed by atoms with Crippen LogP contribution in [0.4, 0.5) is 8.78 Å². The molecule has 0 N–H and O–H groups in total. The Bertz CT molecular complexity index is 429. The highest BCUT2D eigenvalue weighted by Crippen LogP contribution is 2.24. The van der Waals surface area contributed by atoms with Gasteiger partial charge in [-0.1, -0.05) is 15.9 Å². The van der Waals surface area contributed by atoms with E-state index in [1.165, 1.54) is 0 Å². The van der Waals surface area contributed by atoms with E-state index in [4.69, 9.17) is 5.26 Å². The second kappa shape index (κ2) is 4.94. The first-order valence-electron chi connectivity index (χ1n) is 3.87. The number of carbonyl (C=O) groups excluding carboxylic acids is 1. The van der Waals surface area contributed by atoms with Gasteiger partial charge in [0.1, 0.15) is 11.8 Å². The number of alkyl halides is 3. The lowest BCUT2D eigenvalue weighted by Crippen LogP contribution is -2.03. The van der Waals surface area contributed by atoms with Crippen molar-refractivity contribution in [1.29, 1.82) is 5.26 Å². The van der Waals surface area contributed by atoms with E-state index in [2.05, 4.69) is 20.9 Å². The van der Waals surface area contributed by atoms with Gasteiger partial charge < -0.3 is 0 Å². The van der Waals surface area contributed by atoms with Gasteiger partial charge in [0, 0.05) is 10.9 Å². The zero-order valence-electron chi connectivity index (χ0n) is 7.38. The second-order valence-corrected chi connectivity index (χ2v) is 3.18. The first-order chi connectivity index (χ1) is 7.13. The quantitative estimate of drug-likeness (QED) is 0.629. The van der Waals surface area contributed by atoms with Crippen LogP contribution >= 0.6 is 15.9 Å². The maximum Gasteiger partial charge on any atom is 0.266 e. The minimum Gasteiger partial charge on any atom is -0.296 e. The Hall–Kier alpha value is -1.35. The monoisotopic (exact) mass is 274 g/mol. The van der Waals surface area contributed by atoms with Gasteiger partial charge in [-0.05, 0) is 6.07 Å². The molecular weight excluding hydrogens is 270 g/mol. The summed E-state index contributed by atoms with van der Waals surface area (Å²) in [4.78, 5) is 14.2. The van der Waals surface area contributed by atoms with Crippen LogP contribution in [0.2, 0.25) is 0 Å². The van der Waals surface area contributed by atoms with Crippen molar-refractivity contribution in [2.75, 3.05) is 0 Å². The van der Waals surface area contributed by atoms with E-state index in [1.807, 2.05) is 0 Å². The third-order valence-electron chi connectivity index (χ3n) is 1.76. The lowest BCUT2D eigenvalue weighted by molar-refractivity contribution is 0.110. The number of hydrogen-bond acceptors (Lipinski definition) is 3. The normalized spacial score (nSPS) is 10.1. The van der Waals surface area contributed by atoms with E-state index in [-0.39, 0.29) is 28.6 Å². The molecule has 0 radical (unpaired) electrons. The number of pyridine rings is 1. The highest BCUT2D eigenvalue weighted by molar-refractivity contribution is 9.08. The molecule has 3 nitrogen and oxygen atoms in total. The van der Waals surface area contributed by atoms with Gasteiger partial charge >= 0.3 is 0 Å². The predicted molar refractivity (Wildman–Crippen MR) is 51.9 cm³/mol. The van der Waals surface area contributed by atoms with Crippen LogP contribution in [0.3, 0.4) is 0 Å². The first-order valence-corrected chi connectivity index (χ1v) is 4.99. The topological polar surface area (TPSA) is 53.8 Å². The molecule has 0 aromatic carbocycles. The Kier molecular flexibility index (Phi) is 3.86. The number of rotatable bonds is 3. The van der Waals surface area contributed by atoms with Crippen LogP contribution in [0.25, 0.3) is 0 Å². The zero-order chi connectivity index (χ0) is 11.4. The summed E-state index contributed by atoms with van der Waals surface area (Å²) in [6.07, 6.45) is -2.55. The Morgan fingerprint density at radius 2 is 2.33 bits per heavy atom. The number of aromatic nitrogens is 1. The third kappa shape index (κ3) is 2.36. The summed E-state index contributed by atoms with van der Waals surface area (Å²) in [5.41, 5.74) is -0.499. The lowest BCUT2D eigenvalue weighted by Gasteiger charge is -2.06. The standard InChI is InChI=1S/C9H5BrF2N2O/c10-2-7-5(3-13)1-6(9(11)12)8(4-15)14-7/h1,4,9H,2H2. The van der Waals surface area contributed by atoms with Gasteiger partial charge in [-0.15, -0.1) is 0 Å². The molecule has 0 amide bonds.